The number of imidazole rings is 1. The lowest BCUT2D eigenvalue weighted by molar-refractivity contribution is 1.18. The summed E-state index contributed by atoms with van der Waals surface area (Å²) >= 11 is 0. The van der Waals surface area contributed by atoms with Gasteiger partial charge in [0.2, 0.25) is 0 Å². The normalized spacial score (nSPS) is 10.7. The molecule has 0 unspecified atom stereocenters. The van der Waals surface area contributed by atoms with E-state index in [4.69, 9.17) is 5.53 Å². The molecule has 1 N–H and O–H groups in total. The third-order valence-electron chi connectivity index (χ3n) is 1.78. The zero-order valence-electron chi connectivity index (χ0n) is 7.70. The highest BCUT2D eigenvalue weighted by molar-refractivity contribution is 5.78. The van der Waals surface area contributed by atoms with Crippen LogP contribution in [-0.2, 0) is 0 Å². The van der Waals surface area contributed by atoms with E-state index in [9.17, 15) is 0 Å². The van der Waals surface area contributed by atoms with Gasteiger partial charge >= 0.3 is 0 Å². The third-order valence-corrected chi connectivity index (χ3v) is 1.78. The number of H-pyrrole nitrogens is 1. The van der Waals surface area contributed by atoms with Crippen LogP contribution in [0.5, 0.6) is 0 Å². The van der Waals surface area contributed by atoms with Crippen molar-refractivity contribution in [3.05, 3.63) is 34.9 Å². The van der Waals surface area contributed by atoms with Gasteiger partial charge in [-0.25, -0.2) is 15.0 Å². The van der Waals surface area contributed by atoms with E-state index in [0.717, 1.165) is 11.2 Å². The van der Waals surface area contributed by atoms with Gasteiger partial charge in [0, 0.05) is 11.5 Å². The fourth-order valence-corrected chi connectivity index (χ4v) is 1.16. The number of hydrogen-bond donors (Lipinski definition) is 1. The van der Waals surface area contributed by atoms with Gasteiger partial charge in [-0.1, -0.05) is 11.2 Å². The summed E-state index contributed by atoms with van der Waals surface area (Å²) in [6, 6.07) is 0. The smallest absolute Gasteiger partial charge is 0.181 e. The molecule has 0 aliphatic rings. The molecule has 2 rings (SSSR count). The number of nitrogens with zero attached hydrogens (tertiary/aromatic N) is 6. The van der Waals surface area contributed by atoms with Crippen LogP contribution in [0.4, 0.5) is 0 Å². The number of aromatic amines is 1. The summed E-state index contributed by atoms with van der Waals surface area (Å²) in [5, 5.41) is 3.38. The first-order valence-corrected chi connectivity index (χ1v) is 4.23. The van der Waals surface area contributed by atoms with Crippen LogP contribution in [0.1, 0.15) is 5.69 Å². The molecule has 15 heavy (non-hydrogen) atoms. The van der Waals surface area contributed by atoms with E-state index in [-0.39, 0.29) is 0 Å². The summed E-state index contributed by atoms with van der Waals surface area (Å²) in [5.74, 6) is 0. The van der Waals surface area contributed by atoms with Crippen molar-refractivity contribution >= 4 is 17.2 Å². The summed E-state index contributed by atoms with van der Waals surface area (Å²) in [5.41, 5.74) is 10.2. The van der Waals surface area contributed by atoms with E-state index in [2.05, 4.69) is 30.0 Å². The molecule has 0 fully saturated rings. The number of aromatic nitrogens is 4. The largest absolute Gasteiger partial charge is 0.341 e. The summed E-state index contributed by atoms with van der Waals surface area (Å²) in [6.07, 6.45) is 6.49. The average molecular weight is 201 g/mol. The Kier molecular flexibility index (Phi) is 2.57. The maximum absolute atomic E-state index is 8.08. The monoisotopic (exact) mass is 201 g/mol. The van der Waals surface area contributed by atoms with Crippen molar-refractivity contribution in [3.8, 4) is 0 Å². The van der Waals surface area contributed by atoms with Gasteiger partial charge < -0.3 is 4.98 Å². The molecule has 0 saturated heterocycles. The molecule has 7 heteroatoms. The van der Waals surface area contributed by atoms with Crippen molar-refractivity contribution in [1.82, 2.24) is 19.9 Å². The van der Waals surface area contributed by atoms with Gasteiger partial charge in [0.1, 0.15) is 11.8 Å². The molecule has 0 aliphatic heterocycles. The zero-order valence-corrected chi connectivity index (χ0v) is 7.70. The zero-order chi connectivity index (χ0) is 10.5. The van der Waals surface area contributed by atoms with Crippen LogP contribution in [0.2, 0.25) is 0 Å². The molecule has 7 nitrogen and oxygen atoms in total. The van der Waals surface area contributed by atoms with E-state index in [1.165, 1.54) is 6.33 Å². The average Bonchev–Trinajstić information content (AvgIpc) is 2.73. The molecule has 0 aromatic carbocycles. The van der Waals surface area contributed by atoms with Gasteiger partial charge in [-0.05, 0) is 11.6 Å². The van der Waals surface area contributed by atoms with Crippen molar-refractivity contribution in [1.29, 1.82) is 0 Å². The molecule has 0 aliphatic carbocycles. The van der Waals surface area contributed by atoms with E-state index in [1.54, 1.807) is 18.5 Å². The SMILES string of the molecule is [N-]=[N+]=NCC=Cc1ncnc2nc[nH]c12. The minimum atomic E-state index is 0.302. The Balaban J connectivity index is 2.31. The van der Waals surface area contributed by atoms with Crippen molar-refractivity contribution in [3.63, 3.8) is 0 Å². The Morgan fingerprint density at radius 1 is 1.47 bits per heavy atom. The third kappa shape index (κ3) is 1.92. The van der Waals surface area contributed by atoms with Gasteiger partial charge in [0.15, 0.2) is 5.65 Å². The number of fused-ring (bicyclic) bond motifs is 1. The van der Waals surface area contributed by atoms with Crippen LogP contribution in [0.3, 0.4) is 0 Å². The fraction of sp³-hybridized carbons (Fsp3) is 0.125. The van der Waals surface area contributed by atoms with Crippen molar-refractivity contribution < 1.29 is 0 Å². The number of hydrogen-bond acceptors (Lipinski definition) is 4. The Labute approximate surface area is 84.5 Å². The topological polar surface area (TPSA) is 103 Å². The van der Waals surface area contributed by atoms with Crippen molar-refractivity contribution in [2.75, 3.05) is 6.54 Å². The number of rotatable bonds is 3. The van der Waals surface area contributed by atoms with Crippen LogP contribution >= 0.6 is 0 Å². The first kappa shape index (κ1) is 9.17. The van der Waals surface area contributed by atoms with Gasteiger partial charge in [-0.3, -0.25) is 0 Å². The van der Waals surface area contributed by atoms with E-state index >= 15 is 0 Å². The molecule has 2 aromatic heterocycles. The van der Waals surface area contributed by atoms with Crippen LogP contribution in [0.25, 0.3) is 27.7 Å². The molecular formula is C8H7N7. The highest BCUT2D eigenvalue weighted by atomic mass is 15.1. The molecule has 74 valence electrons. The predicted octanol–water partition coefficient (Wildman–Crippen LogP) is 1.68. The first-order valence-electron chi connectivity index (χ1n) is 4.23. The minimum Gasteiger partial charge on any atom is -0.341 e. The Hall–Kier alpha value is -2.40. The van der Waals surface area contributed by atoms with Gasteiger partial charge in [-0.2, -0.15) is 0 Å². The van der Waals surface area contributed by atoms with Crippen molar-refractivity contribution in [2.24, 2.45) is 5.11 Å². The summed E-state index contributed by atoms with van der Waals surface area (Å²) < 4.78 is 0. The summed E-state index contributed by atoms with van der Waals surface area (Å²) in [7, 11) is 0. The first-order chi connectivity index (χ1) is 7.42. The second-order valence-corrected chi connectivity index (χ2v) is 2.68. The molecule has 2 aromatic rings. The summed E-state index contributed by atoms with van der Waals surface area (Å²) in [6.45, 7) is 0.302. The molecule has 0 radical (unpaired) electrons. The molecular weight excluding hydrogens is 194 g/mol. The fourth-order valence-electron chi connectivity index (χ4n) is 1.16. The Morgan fingerprint density at radius 2 is 2.40 bits per heavy atom. The lowest BCUT2D eigenvalue weighted by Gasteiger charge is -1.92. The Bertz CT molecular complexity index is 535. The molecule has 0 spiro atoms. The highest BCUT2D eigenvalue weighted by Crippen LogP contribution is 2.10. The summed E-state index contributed by atoms with van der Waals surface area (Å²) in [4.78, 5) is 17.6. The van der Waals surface area contributed by atoms with Crippen LogP contribution < -0.4 is 0 Å². The predicted molar refractivity (Wildman–Crippen MR) is 54.7 cm³/mol. The quantitative estimate of drug-likeness (QED) is 0.464. The van der Waals surface area contributed by atoms with E-state index in [0.29, 0.717) is 12.2 Å². The minimum absolute atomic E-state index is 0.302. The number of nitrogens with one attached hydrogen (secondary N) is 1. The van der Waals surface area contributed by atoms with Crippen LogP contribution in [-0.4, -0.2) is 26.5 Å². The van der Waals surface area contributed by atoms with Crippen LogP contribution in [0, 0.1) is 0 Å². The Morgan fingerprint density at radius 3 is 3.27 bits per heavy atom. The standard InChI is InChI=1S/C8H7N7/c9-15-14-3-1-2-6-7-8(12-4-10-6)13-5-11-7/h1-2,4-5H,3H2,(H,10,11,12,13). The molecule has 0 atom stereocenters. The number of azide groups is 1. The van der Waals surface area contributed by atoms with E-state index < -0.39 is 0 Å². The van der Waals surface area contributed by atoms with Gasteiger partial charge in [0.05, 0.1) is 12.0 Å². The molecule has 0 bridgehead atoms. The molecule has 0 saturated carbocycles. The molecule has 0 amide bonds. The van der Waals surface area contributed by atoms with Gasteiger partial charge in [-0.15, -0.1) is 0 Å². The van der Waals surface area contributed by atoms with Gasteiger partial charge in [0.25, 0.3) is 0 Å². The second kappa shape index (κ2) is 4.21. The molecule has 2 heterocycles. The highest BCUT2D eigenvalue weighted by Gasteiger charge is 2.01. The van der Waals surface area contributed by atoms with E-state index in [1.807, 2.05) is 0 Å². The van der Waals surface area contributed by atoms with Crippen molar-refractivity contribution in [2.45, 2.75) is 0 Å². The second-order valence-electron chi connectivity index (χ2n) is 2.68. The maximum Gasteiger partial charge on any atom is 0.181 e. The lowest BCUT2D eigenvalue weighted by atomic mass is 10.3. The maximum atomic E-state index is 8.08. The van der Waals surface area contributed by atoms with Crippen LogP contribution in [0.15, 0.2) is 23.8 Å². The lowest BCUT2D eigenvalue weighted by Crippen LogP contribution is -1.86.